The van der Waals surface area contributed by atoms with Crippen LogP contribution in [-0.4, -0.2) is 23.9 Å². The Bertz CT molecular complexity index is 473. The topological polar surface area (TPSA) is 46.3 Å². The van der Waals surface area contributed by atoms with Gasteiger partial charge in [-0.25, -0.2) is 0 Å². The highest BCUT2D eigenvalue weighted by Gasteiger charge is 2.28. The molecule has 1 atom stereocenters. The van der Waals surface area contributed by atoms with E-state index in [2.05, 4.69) is 20.8 Å². The minimum Gasteiger partial charge on any atom is -0.339 e. The third-order valence-electron chi connectivity index (χ3n) is 4.68. The second-order valence-corrected chi connectivity index (χ2v) is 7.19. The molecule has 0 radical (unpaired) electrons. The number of nitrogens with two attached hydrogens (primary N) is 1. The van der Waals surface area contributed by atoms with E-state index in [1.165, 1.54) is 6.42 Å². The van der Waals surface area contributed by atoms with Crippen LogP contribution in [0.3, 0.4) is 0 Å². The molecule has 1 aliphatic rings. The van der Waals surface area contributed by atoms with Crippen molar-refractivity contribution in [3.8, 4) is 0 Å². The van der Waals surface area contributed by atoms with Crippen LogP contribution in [0.2, 0.25) is 0 Å². The summed E-state index contributed by atoms with van der Waals surface area (Å²) in [4.78, 5) is 14.6. The summed E-state index contributed by atoms with van der Waals surface area (Å²) in [7, 11) is 0. The van der Waals surface area contributed by atoms with Crippen LogP contribution >= 0.6 is 0 Å². The second-order valence-electron chi connectivity index (χ2n) is 7.19. The number of hydrogen-bond acceptors (Lipinski definition) is 2. The zero-order valence-electron chi connectivity index (χ0n) is 13.6. The molecule has 1 saturated heterocycles. The molecule has 1 unspecified atom stereocenters. The van der Waals surface area contributed by atoms with Gasteiger partial charge < -0.3 is 10.6 Å². The Hall–Kier alpha value is -1.35. The van der Waals surface area contributed by atoms with E-state index in [9.17, 15) is 4.79 Å². The summed E-state index contributed by atoms with van der Waals surface area (Å²) in [5.74, 6) is 0.864. The molecule has 1 fully saturated rings. The summed E-state index contributed by atoms with van der Waals surface area (Å²) in [6.07, 6.45) is 3.43. The van der Waals surface area contributed by atoms with E-state index in [0.717, 1.165) is 37.1 Å². The SMILES string of the molecule is CC(C)(C)C1CCCN(C(=O)c2ccc(CN)cc2)CC1. The van der Waals surface area contributed by atoms with Crippen LogP contribution in [0.5, 0.6) is 0 Å². The summed E-state index contributed by atoms with van der Waals surface area (Å²) in [5.41, 5.74) is 7.78. The smallest absolute Gasteiger partial charge is 0.253 e. The molecule has 1 heterocycles. The molecule has 1 aromatic rings. The van der Waals surface area contributed by atoms with Gasteiger partial charge in [-0.1, -0.05) is 32.9 Å². The first-order valence-corrected chi connectivity index (χ1v) is 8.00. The second kappa shape index (κ2) is 6.61. The summed E-state index contributed by atoms with van der Waals surface area (Å²) in [5, 5.41) is 0. The van der Waals surface area contributed by atoms with E-state index in [0.29, 0.717) is 17.9 Å². The Morgan fingerprint density at radius 1 is 1.19 bits per heavy atom. The summed E-state index contributed by atoms with van der Waals surface area (Å²) in [6.45, 7) is 9.19. The van der Waals surface area contributed by atoms with Gasteiger partial charge >= 0.3 is 0 Å². The normalized spacial score (nSPS) is 20.2. The predicted octanol–water partition coefficient (Wildman–Crippen LogP) is 3.43. The Kier molecular flexibility index (Phi) is 5.04. The first-order valence-electron chi connectivity index (χ1n) is 8.00. The molecule has 1 aliphatic heterocycles. The van der Waals surface area contributed by atoms with Gasteiger partial charge in [-0.15, -0.1) is 0 Å². The highest BCUT2D eigenvalue weighted by Crippen LogP contribution is 2.34. The van der Waals surface area contributed by atoms with E-state index < -0.39 is 0 Å². The first kappa shape index (κ1) is 16.0. The van der Waals surface area contributed by atoms with Crippen molar-refractivity contribution in [3.63, 3.8) is 0 Å². The van der Waals surface area contributed by atoms with Crippen molar-refractivity contribution in [2.75, 3.05) is 13.1 Å². The number of carbonyl (C=O) groups excluding carboxylic acids is 1. The number of nitrogens with zero attached hydrogens (tertiary/aromatic N) is 1. The van der Waals surface area contributed by atoms with Gasteiger partial charge in [0.05, 0.1) is 0 Å². The maximum atomic E-state index is 12.6. The third-order valence-corrected chi connectivity index (χ3v) is 4.68. The number of carbonyl (C=O) groups is 1. The molecule has 1 aromatic carbocycles. The molecule has 3 heteroatoms. The molecule has 0 spiro atoms. The zero-order chi connectivity index (χ0) is 15.5. The third kappa shape index (κ3) is 4.07. The molecule has 116 valence electrons. The number of amides is 1. The summed E-state index contributed by atoms with van der Waals surface area (Å²) >= 11 is 0. The van der Waals surface area contributed by atoms with Crippen molar-refractivity contribution in [2.45, 2.75) is 46.6 Å². The number of hydrogen-bond donors (Lipinski definition) is 1. The van der Waals surface area contributed by atoms with Gasteiger partial charge in [-0.3, -0.25) is 4.79 Å². The van der Waals surface area contributed by atoms with Gasteiger partial charge in [0.15, 0.2) is 0 Å². The summed E-state index contributed by atoms with van der Waals surface area (Å²) in [6, 6.07) is 7.69. The Labute approximate surface area is 128 Å². The van der Waals surface area contributed by atoms with E-state index >= 15 is 0 Å². The highest BCUT2D eigenvalue weighted by molar-refractivity contribution is 5.94. The minimum atomic E-state index is 0.160. The van der Waals surface area contributed by atoms with E-state index in [1.807, 2.05) is 29.2 Å². The average molecular weight is 288 g/mol. The van der Waals surface area contributed by atoms with Crippen LogP contribution < -0.4 is 5.73 Å². The molecular weight excluding hydrogens is 260 g/mol. The molecule has 0 aliphatic carbocycles. The van der Waals surface area contributed by atoms with Gasteiger partial charge in [-0.05, 0) is 48.3 Å². The summed E-state index contributed by atoms with van der Waals surface area (Å²) < 4.78 is 0. The van der Waals surface area contributed by atoms with Crippen molar-refractivity contribution in [1.29, 1.82) is 0 Å². The lowest BCUT2D eigenvalue weighted by atomic mass is 9.77. The van der Waals surface area contributed by atoms with Gasteiger partial charge in [0, 0.05) is 25.2 Å². The lowest BCUT2D eigenvalue weighted by molar-refractivity contribution is 0.0755. The van der Waals surface area contributed by atoms with Crippen LogP contribution in [0, 0.1) is 11.3 Å². The number of benzene rings is 1. The van der Waals surface area contributed by atoms with Gasteiger partial charge in [-0.2, -0.15) is 0 Å². The fraction of sp³-hybridized carbons (Fsp3) is 0.611. The van der Waals surface area contributed by atoms with Crippen molar-refractivity contribution in [1.82, 2.24) is 4.90 Å². The van der Waals surface area contributed by atoms with Crippen LogP contribution in [0.25, 0.3) is 0 Å². The molecule has 0 saturated carbocycles. The quantitative estimate of drug-likeness (QED) is 0.906. The van der Waals surface area contributed by atoms with Crippen molar-refractivity contribution in [2.24, 2.45) is 17.1 Å². The van der Waals surface area contributed by atoms with Gasteiger partial charge in [0.1, 0.15) is 0 Å². The molecule has 3 nitrogen and oxygen atoms in total. The Morgan fingerprint density at radius 3 is 2.43 bits per heavy atom. The first-order chi connectivity index (χ1) is 9.91. The van der Waals surface area contributed by atoms with E-state index in [1.54, 1.807) is 0 Å². The molecule has 2 rings (SSSR count). The fourth-order valence-electron chi connectivity index (χ4n) is 3.13. The Morgan fingerprint density at radius 2 is 1.86 bits per heavy atom. The fourth-order valence-corrected chi connectivity index (χ4v) is 3.13. The molecule has 1 amide bonds. The zero-order valence-corrected chi connectivity index (χ0v) is 13.6. The Balaban J connectivity index is 2.02. The maximum absolute atomic E-state index is 12.6. The standard InChI is InChI=1S/C18H28N2O/c1-18(2,3)16-5-4-11-20(12-10-16)17(21)15-8-6-14(13-19)7-9-15/h6-9,16H,4-5,10-13,19H2,1-3H3. The van der Waals surface area contributed by atoms with Crippen LogP contribution in [-0.2, 0) is 6.54 Å². The monoisotopic (exact) mass is 288 g/mol. The van der Waals surface area contributed by atoms with Crippen molar-refractivity contribution < 1.29 is 4.79 Å². The molecule has 21 heavy (non-hydrogen) atoms. The molecular formula is C18H28N2O. The maximum Gasteiger partial charge on any atom is 0.253 e. The van der Waals surface area contributed by atoms with Crippen LogP contribution in [0.15, 0.2) is 24.3 Å². The lowest BCUT2D eigenvalue weighted by Gasteiger charge is -2.29. The van der Waals surface area contributed by atoms with Crippen LogP contribution in [0.1, 0.15) is 56.0 Å². The molecule has 2 N–H and O–H groups in total. The highest BCUT2D eigenvalue weighted by atomic mass is 16.2. The van der Waals surface area contributed by atoms with Gasteiger partial charge in [0.2, 0.25) is 0 Å². The molecule has 0 aromatic heterocycles. The van der Waals surface area contributed by atoms with Crippen LogP contribution in [0.4, 0.5) is 0 Å². The molecule has 0 bridgehead atoms. The van der Waals surface area contributed by atoms with E-state index in [-0.39, 0.29) is 5.91 Å². The van der Waals surface area contributed by atoms with E-state index in [4.69, 9.17) is 5.73 Å². The predicted molar refractivity (Wildman–Crippen MR) is 87.0 cm³/mol. The average Bonchev–Trinajstić information content (AvgIpc) is 2.72. The van der Waals surface area contributed by atoms with Crippen molar-refractivity contribution in [3.05, 3.63) is 35.4 Å². The largest absolute Gasteiger partial charge is 0.339 e. The number of rotatable bonds is 2. The van der Waals surface area contributed by atoms with Gasteiger partial charge in [0.25, 0.3) is 5.91 Å². The number of likely N-dealkylation sites (tertiary alicyclic amines) is 1. The van der Waals surface area contributed by atoms with Crippen molar-refractivity contribution >= 4 is 5.91 Å². The minimum absolute atomic E-state index is 0.160. The lowest BCUT2D eigenvalue weighted by Crippen LogP contribution is -2.32.